The lowest BCUT2D eigenvalue weighted by molar-refractivity contribution is -0.118. The molecule has 2 aliphatic heterocycles. The number of aromatic nitrogens is 1. The Balaban J connectivity index is 1.64. The normalized spacial score (nSPS) is 20.3. The van der Waals surface area contributed by atoms with Gasteiger partial charge < -0.3 is 14.8 Å². The lowest BCUT2D eigenvalue weighted by atomic mass is 9.84. The average molecular weight is 400 g/mol. The second-order valence-corrected chi connectivity index (χ2v) is 7.85. The van der Waals surface area contributed by atoms with Crippen LogP contribution >= 0.6 is 0 Å². The quantitative estimate of drug-likeness (QED) is 0.646. The number of ketones is 1. The van der Waals surface area contributed by atoms with Crippen LogP contribution in [0, 0.1) is 0 Å². The van der Waals surface area contributed by atoms with Crippen LogP contribution in [0.2, 0.25) is 0 Å². The molecule has 0 unspecified atom stereocenters. The first-order chi connectivity index (χ1) is 14.7. The number of hydrogen-bond acceptors (Lipinski definition) is 5. The van der Waals surface area contributed by atoms with Gasteiger partial charge in [0.05, 0.1) is 23.7 Å². The highest BCUT2D eigenvalue weighted by molar-refractivity contribution is 6.10. The molecule has 5 nitrogen and oxygen atoms in total. The Morgan fingerprint density at radius 3 is 2.80 bits per heavy atom. The smallest absolute Gasteiger partial charge is 0.168 e. The molecule has 0 saturated carbocycles. The van der Waals surface area contributed by atoms with Gasteiger partial charge in [-0.2, -0.15) is 0 Å². The van der Waals surface area contributed by atoms with Crippen LogP contribution in [0.3, 0.4) is 0 Å². The molecule has 0 amide bonds. The Hall–Kier alpha value is -3.34. The summed E-state index contributed by atoms with van der Waals surface area (Å²) in [5.74, 6) is 1.64. The van der Waals surface area contributed by atoms with Gasteiger partial charge in [-0.1, -0.05) is 25.1 Å². The predicted octanol–water partition coefficient (Wildman–Crippen LogP) is 5.28. The minimum atomic E-state index is -0.262. The number of carbonyl (C=O) groups excluding carboxylic acids is 1. The average Bonchev–Trinajstić information content (AvgIpc) is 2.77. The monoisotopic (exact) mass is 400 g/mol. The first-order valence-electron chi connectivity index (χ1n) is 10.5. The fourth-order valence-electron chi connectivity index (χ4n) is 4.26. The van der Waals surface area contributed by atoms with Crippen LogP contribution in [0.25, 0.3) is 16.7 Å². The fraction of sp³-hybridized carbons (Fsp3) is 0.280. The van der Waals surface area contributed by atoms with E-state index in [0.29, 0.717) is 24.4 Å². The number of hydrogen-bond donors (Lipinski definition) is 1. The highest BCUT2D eigenvalue weighted by Crippen LogP contribution is 2.46. The second kappa shape index (κ2) is 7.48. The van der Waals surface area contributed by atoms with Gasteiger partial charge in [0, 0.05) is 29.3 Å². The number of Topliss-reactive ketones (excluding diaryl/α,β-unsaturated/α-hetero) is 1. The molecule has 152 valence electrons. The van der Waals surface area contributed by atoms with Crippen LogP contribution in [-0.2, 0) is 9.53 Å². The summed E-state index contributed by atoms with van der Waals surface area (Å²) in [5, 5.41) is 4.57. The molecule has 0 fully saturated rings. The lowest BCUT2D eigenvalue weighted by Crippen LogP contribution is -2.32. The van der Waals surface area contributed by atoms with Crippen molar-refractivity contribution in [2.75, 3.05) is 11.9 Å². The standard InChI is InChI=1S/C25H24N2O3/c1-3-13-29-17-8-6-16(7-9-17)24-23-21(28)14-15(2)30-25(23)22-18-5-4-12-26-19(18)10-11-20(22)27-24/h4-12,15,24,27H,3,13-14H2,1-2H3/t15-,24+/m1/s1. The first-order valence-corrected chi connectivity index (χ1v) is 10.5. The molecule has 5 rings (SSSR count). The number of rotatable bonds is 4. The van der Waals surface area contributed by atoms with Gasteiger partial charge in [0.25, 0.3) is 0 Å². The molecule has 2 aromatic carbocycles. The van der Waals surface area contributed by atoms with Crippen molar-refractivity contribution >= 4 is 28.1 Å². The van der Waals surface area contributed by atoms with Gasteiger partial charge in [0.15, 0.2) is 5.78 Å². The molecule has 2 aliphatic rings. The topological polar surface area (TPSA) is 60.5 Å². The number of fused-ring (bicyclic) bond motifs is 4. The zero-order valence-electron chi connectivity index (χ0n) is 17.1. The van der Waals surface area contributed by atoms with Gasteiger partial charge in [-0.25, -0.2) is 0 Å². The largest absolute Gasteiger partial charge is 0.494 e. The van der Waals surface area contributed by atoms with E-state index < -0.39 is 0 Å². The van der Waals surface area contributed by atoms with Crippen LogP contribution < -0.4 is 10.1 Å². The van der Waals surface area contributed by atoms with Crippen molar-refractivity contribution in [1.29, 1.82) is 0 Å². The summed E-state index contributed by atoms with van der Waals surface area (Å²) >= 11 is 0. The van der Waals surface area contributed by atoms with Crippen molar-refractivity contribution in [3.63, 3.8) is 0 Å². The summed E-state index contributed by atoms with van der Waals surface area (Å²) < 4.78 is 12.0. The van der Waals surface area contributed by atoms with Gasteiger partial charge in [-0.05, 0) is 49.2 Å². The maximum atomic E-state index is 13.2. The Morgan fingerprint density at radius 2 is 2.00 bits per heavy atom. The molecule has 5 heteroatoms. The van der Waals surface area contributed by atoms with E-state index in [1.807, 2.05) is 55.5 Å². The van der Waals surface area contributed by atoms with Gasteiger partial charge >= 0.3 is 0 Å². The van der Waals surface area contributed by atoms with Gasteiger partial charge in [0.2, 0.25) is 0 Å². The summed E-state index contributed by atoms with van der Waals surface area (Å²) in [6.45, 7) is 4.72. The van der Waals surface area contributed by atoms with E-state index >= 15 is 0 Å². The highest BCUT2D eigenvalue weighted by Gasteiger charge is 2.38. The highest BCUT2D eigenvalue weighted by atomic mass is 16.5. The number of benzene rings is 2. The Kier molecular flexibility index (Phi) is 4.66. The van der Waals surface area contributed by atoms with Crippen LogP contribution in [0.5, 0.6) is 5.75 Å². The van der Waals surface area contributed by atoms with Crippen molar-refractivity contribution in [2.45, 2.75) is 38.8 Å². The minimum Gasteiger partial charge on any atom is -0.494 e. The molecule has 3 heterocycles. The molecular formula is C25H24N2O3. The summed E-state index contributed by atoms with van der Waals surface area (Å²) in [5.41, 5.74) is 4.46. The maximum Gasteiger partial charge on any atom is 0.168 e. The minimum absolute atomic E-state index is 0.124. The zero-order chi connectivity index (χ0) is 20.7. The van der Waals surface area contributed by atoms with E-state index in [2.05, 4.69) is 17.2 Å². The fourth-order valence-corrected chi connectivity index (χ4v) is 4.26. The Bertz CT molecular complexity index is 1150. The third-order valence-corrected chi connectivity index (χ3v) is 5.62. The molecule has 0 bridgehead atoms. The predicted molar refractivity (Wildman–Crippen MR) is 117 cm³/mol. The number of anilines is 1. The van der Waals surface area contributed by atoms with E-state index in [4.69, 9.17) is 9.47 Å². The van der Waals surface area contributed by atoms with E-state index in [0.717, 1.165) is 39.9 Å². The molecule has 1 aromatic heterocycles. The Labute approximate surface area is 175 Å². The summed E-state index contributed by atoms with van der Waals surface area (Å²) in [6, 6.07) is 15.7. The van der Waals surface area contributed by atoms with Crippen LogP contribution in [-0.4, -0.2) is 23.5 Å². The van der Waals surface area contributed by atoms with E-state index in [1.54, 1.807) is 6.20 Å². The van der Waals surface area contributed by atoms with Crippen molar-refractivity contribution in [3.8, 4) is 5.75 Å². The third kappa shape index (κ3) is 3.11. The van der Waals surface area contributed by atoms with Crippen LogP contribution in [0.15, 0.2) is 60.3 Å². The summed E-state index contributed by atoms with van der Waals surface area (Å²) in [7, 11) is 0. The molecule has 0 saturated heterocycles. The third-order valence-electron chi connectivity index (χ3n) is 5.62. The molecule has 0 spiro atoms. The SMILES string of the molecule is CCCOc1ccc([C@@H]2Nc3ccc4ncccc4c3C3=C2C(=O)C[C@@H](C)O3)cc1. The number of ether oxygens (including phenoxy) is 2. The summed E-state index contributed by atoms with van der Waals surface area (Å²) in [6.07, 6.45) is 2.97. The van der Waals surface area contributed by atoms with Crippen LogP contribution in [0.1, 0.15) is 43.9 Å². The van der Waals surface area contributed by atoms with Crippen molar-refractivity contribution in [3.05, 3.63) is 71.4 Å². The van der Waals surface area contributed by atoms with Crippen molar-refractivity contribution < 1.29 is 14.3 Å². The van der Waals surface area contributed by atoms with Crippen LogP contribution in [0.4, 0.5) is 5.69 Å². The van der Waals surface area contributed by atoms with Crippen molar-refractivity contribution in [2.24, 2.45) is 0 Å². The molecule has 0 radical (unpaired) electrons. The molecule has 1 N–H and O–H groups in total. The molecule has 2 atom stereocenters. The molecule has 3 aromatic rings. The number of nitrogens with zero attached hydrogens (tertiary/aromatic N) is 1. The molecular weight excluding hydrogens is 376 g/mol. The molecule has 30 heavy (non-hydrogen) atoms. The van der Waals surface area contributed by atoms with Crippen molar-refractivity contribution in [1.82, 2.24) is 4.98 Å². The van der Waals surface area contributed by atoms with Gasteiger partial charge in [-0.3, -0.25) is 9.78 Å². The van der Waals surface area contributed by atoms with Gasteiger partial charge in [0.1, 0.15) is 17.6 Å². The zero-order valence-corrected chi connectivity index (χ0v) is 17.1. The number of pyridine rings is 1. The molecule has 0 aliphatic carbocycles. The number of carbonyl (C=O) groups is 1. The van der Waals surface area contributed by atoms with E-state index in [1.165, 1.54) is 0 Å². The van der Waals surface area contributed by atoms with Gasteiger partial charge in [-0.15, -0.1) is 0 Å². The first kappa shape index (κ1) is 18.7. The lowest BCUT2D eigenvalue weighted by Gasteiger charge is -2.36. The Morgan fingerprint density at radius 1 is 1.17 bits per heavy atom. The maximum absolute atomic E-state index is 13.2. The van der Waals surface area contributed by atoms with E-state index in [-0.39, 0.29) is 17.9 Å². The summed E-state index contributed by atoms with van der Waals surface area (Å²) in [4.78, 5) is 17.6. The van der Waals surface area contributed by atoms with E-state index in [9.17, 15) is 4.79 Å². The second-order valence-electron chi connectivity index (χ2n) is 7.85. The number of nitrogens with one attached hydrogen (secondary N) is 1.